The van der Waals surface area contributed by atoms with Crippen LogP contribution in [-0.4, -0.2) is 27.9 Å². The maximum atomic E-state index is 10.9. The maximum Gasteiger partial charge on any atom is 0.0780 e. The van der Waals surface area contributed by atoms with Crippen LogP contribution in [0.3, 0.4) is 0 Å². The van der Waals surface area contributed by atoms with Gasteiger partial charge in [-0.2, -0.15) is 0 Å². The van der Waals surface area contributed by atoms with Gasteiger partial charge in [0.05, 0.1) is 11.1 Å². The van der Waals surface area contributed by atoms with Crippen LogP contribution < -0.4 is 5.73 Å². The van der Waals surface area contributed by atoms with Crippen molar-refractivity contribution in [3.8, 4) is 23.5 Å². The zero-order valence-corrected chi connectivity index (χ0v) is 20.8. The van der Waals surface area contributed by atoms with E-state index < -0.39 is 5.60 Å². The molecule has 0 spiro atoms. The molecule has 178 valence electrons. The summed E-state index contributed by atoms with van der Waals surface area (Å²) in [6.07, 6.45) is 12.9. The highest BCUT2D eigenvalue weighted by molar-refractivity contribution is 5.94. The highest BCUT2D eigenvalue weighted by atomic mass is 16.3. The molecule has 0 fully saturated rings. The molecule has 1 atom stereocenters. The van der Waals surface area contributed by atoms with Gasteiger partial charge in [0.2, 0.25) is 0 Å². The van der Waals surface area contributed by atoms with Crippen molar-refractivity contribution >= 4 is 10.9 Å². The van der Waals surface area contributed by atoms with Gasteiger partial charge < -0.3 is 15.9 Å². The molecule has 3 rings (SSSR count). The van der Waals surface area contributed by atoms with Gasteiger partial charge >= 0.3 is 0 Å². The van der Waals surface area contributed by atoms with Crippen molar-refractivity contribution in [2.45, 2.75) is 45.6 Å². The lowest BCUT2D eigenvalue weighted by molar-refractivity contribution is 0.0338. The topological polar surface area (TPSA) is 79.4 Å². The third-order valence-electron chi connectivity index (χ3n) is 5.87. The van der Waals surface area contributed by atoms with Crippen molar-refractivity contribution < 1.29 is 10.2 Å². The van der Waals surface area contributed by atoms with Crippen LogP contribution in [0.15, 0.2) is 78.7 Å². The number of nitrogens with two attached hydrogens (primary N) is 1. The predicted molar refractivity (Wildman–Crippen MR) is 143 cm³/mol. The molecule has 1 unspecified atom stereocenters. The van der Waals surface area contributed by atoms with E-state index in [1.165, 1.54) is 11.8 Å². The van der Waals surface area contributed by atoms with Gasteiger partial charge in [0, 0.05) is 30.2 Å². The first-order valence-corrected chi connectivity index (χ1v) is 11.4. The first-order valence-electron chi connectivity index (χ1n) is 11.4. The van der Waals surface area contributed by atoms with E-state index >= 15 is 0 Å². The summed E-state index contributed by atoms with van der Waals surface area (Å²) in [6, 6.07) is 17.0. The van der Waals surface area contributed by atoms with Crippen LogP contribution in [0, 0.1) is 18.3 Å². The van der Waals surface area contributed by atoms with Crippen LogP contribution in [0.2, 0.25) is 0 Å². The Balaban J connectivity index is 0.00000199. The second-order valence-electron chi connectivity index (χ2n) is 9.08. The van der Waals surface area contributed by atoms with Gasteiger partial charge in [0.1, 0.15) is 0 Å². The van der Waals surface area contributed by atoms with Gasteiger partial charge in [0.15, 0.2) is 0 Å². The molecule has 1 heterocycles. The third kappa shape index (κ3) is 6.57. The first-order chi connectivity index (χ1) is 16.2. The summed E-state index contributed by atoms with van der Waals surface area (Å²) in [7, 11) is 1.00. The molecule has 4 heteroatoms. The minimum Gasteiger partial charge on any atom is -0.405 e. The Labute approximate surface area is 203 Å². The second kappa shape index (κ2) is 12.2. The molecule has 0 amide bonds. The molecule has 0 saturated heterocycles. The number of hydrogen-bond donors (Lipinski definition) is 3. The van der Waals surface area contributed by atoms with Gasteiger partial charge in [-0.15, -0.1) is 6.42 Å². The van der Waals surface area contributed by atoms with E-state index in [1.807, 2.05) is 12.3 Å². The fourth-order valence-corrected chi connectivity index (χ4v) is 4.12. The summed E-state index contributed by atoms with van der Waals surface area (Å²) < 4.78 is 0. The fraction of sp³-hybridized carbons (Fsp3) is 0.300. The number of allylic oxidation sites excluding steroid dienone is 2. The number of aliphatic hydroxyl groups is 2. The summed E-state index contributed by atoms with van der Waals surface area (Å²) in [5, 5.41) is 19.0. The quantitative estimate of drug-likeness (QED) is 0.320. The monoisotopic (exact) mass is 456 g/mol. The van der Waals surface area contributed by atoms with E-state index in [0.29, 0.717) is 12.3 Å². The van der Waals surface area contributed by atoms with Crippen LogP contribution in [0.1, 0.15) is 44.7 Å². The van der Waals surface area contributed by atoms with E-state index in [1.54, 1.807) is 26.0 Å². The molecular formula is C30H36N2O2. The predicted octanol–water partition coefficient (Wildman–Crippen LogP) is 5.60. The molecule has 34 heavy (non-hydrogen) atoms. The molecule has 2 aromatic carbocycles. The molecule has 0 aliphatic heterocycles. The molecule has 0 aliphatic carbocycles. The Morgan fingerprint density at radius 2 is 1.88 bits per heavy atom. The van der Waals surface area contributed by atoms with Crippen molar-refractivity contribution in [3.05, 3.63) is 89.8 Å². The van der Waals surface area contributed by atoms with E-state index in [4.69, 9.17) is 17.3 Å². The van der Waals surface area contributed by atoms with Crippen molar-refractivity contribution in [2.24, 2.45) is 11.7 Å². The average molecular weight is 457 g/mol. The third-order valence-corrected chi connectivity index (χ3v) is 5.87. The number of terminal acetylenes is 1. The molecular weight excluding hydrogens is 420 g/mol. The number of aliphatic hydroxyl groups excluding tert-OH is 1. The summed E-state index contributed by atoms with van der Waals surface area (Å²) >= 11 is 0. The lowest BCUT2D eigenvalue weighted by Gasteiger charge is -2.30. The first kappa shape index (κ1) is 26.9. The fourth-order valence-electron chi connectivity index (χ4n) is 4.12. The normalized spacial score (nSPS) is 13.0. The van der Waals surface area contributed by atoms with Gasteiger partial charge in [-0.25, -0.2) is 0 Å². The van der Waals surface area contributed by atoms with Gasteiger partial charge in [0.25, 0.3) is 0 Å². The maximum absolute atomic E-state index is 10.9. The molecule has 4 N–H and O–H groups in total. The smallest absolute Gasteiger partial charge is 0.0780 e. The van der Waals surface area contributed by atoms with E-state index in [-0.39, 0.29) is 5.92 Å². The number of hydrogen-bond acceptors (Lipinski definition) is 4. The Morgan fingerprint density at radius 1 is 1.15 bits per heavy atom. The molecule has 3 aromatic rings. The van der Waals surface area contributed by atoms with E-state index in [2.05, 4.69) is 67.2 Å². The summed E-state index contributed by atoms with van der Waals surface area (Å²) in [6.45, 7) is 8.02. The van der Waals surface area contributed by atoms with Gasteiger partial charge in [-0.1, -0.05) is 50.1 Å². The molecule has 0 radical (unpaired) electrons. The van der Waals surface area contributed by atoms with Crippen molar-refractivity contribution in [3.63, 3.8) is 0 Å². The number of fused-ring (bicyclic) bond motifs is 1. The van der Waals surface area contributed by atoms with Crippen LogP contribution >= 0.6 is 0 Å². The number of aromatic nitrogens is 1. The summed E-state index contributed by atoms with van der Waals surface area (Å²) in [4.78, 5) is 4.67. The molecule has 0 aliphatic rings. The average Bonchev–Trinajstić information content (AvgIpc) is 2.82. The highest BCUT2D eigenvalue weighted by Crippen LogP contribution is 2.34. The van der Waals surface area contributed by atoms with Crippen LogP contribution in [0.25, 0.3) is 22.0 Å². The SMILES string of the molecule is C#C/C=C(\C=C/N)C(Cc1cccc(-c2cc(C(C)C)cc3cccnc23)c1)C(C)(C)O.CO. The summed E-state index contributed by atoms with van der Waals surface area (Å²) in [5.41, 5.74) is 11.1. The molecule has 4 nitrogen and oxygen atoms in total. The molecule has 1 aromatic heterocycles. The lowest BCUT2D eigenvalue weighted by atomic mass is 9.79. The number of benzene rings is 2. The number of rotatable bonds is 7. The van der Waals surface area contributed by atoms with Crippen LogP contribution in [-0.2, 0) is 6.42 Å². The van der Waals surface area contributed by atoms with E-state index in [9.17, 15) is 5.11 Å². The molecule has 0 bridgehead atoms. The van der Waals surface area contributed by atoms with Gasteiger partial charge in [-0.05, 0) is 85.0 Å². The van der Waals surface area contributed by atoms with Crippen molar-refractivity contribution in [1.29, 1.82) is 0 Å². The largest absolute Gasteiger partial charge is 0.405 e. The Kier molecular flexibility index (Phi) is 9.62. The Morgan fingerprint density at radius 3 is 2.50 bits per heavy atom. The van der Waals surface area contributed by atoms with E-state index in [0.717, 1.165) is 40.3 Å². The van der Waals surface area contributed by atoms with Crippen molar-refractivity contribution in [2.75, 3.05) is 7.11 Å². The minimum absolute atomic E-state index is 0.203. The number of pyridine rings is 1. The summed E-state index contributed by atoms with van der Waals surface area (Å²) in [5.74, 6) is 2.79. The Bertz CT molecular complexity index is 1190. The van der Waals surface area contributed by atoms with Crippen LogP contribution in [0.4, 0.5) is 0 Å². The standard InChI is InChI=1S/C29H32N2O.CH4O/c1-6-9-22(13-14-30)27(29(4,5)32)17-21-10-7-11-23(16-21)26-19-25(20(2)3)18-24-12-8-15-31-28(24)26;1-2/h1,7-16,18-20,27,32H,17,30H2,2-5H3;2H,1H3/b14-13-,22-9+;. The molecule has 0 saturated carbocycles. The lowest BCUT2D eigenvalue weighted by Crippen LogP contribution is -2.33. The zero-order chi connectivity index (χ0) is 25.3. The minimum atomic E-state index is -0.968. The highest BCUT2D eigenvalue weighted by Gasteiger charge is 2.29. The zero-order valence-electron chi connectivity index (χ0n) is 20.8. The number of nitrogens with zero attached hydrogens (tertiary/aromatic N) is 1. The van der Waals surface area contributed by atoms with Crippen LogP contribution in [0.5, 0.6) is 0 Å². The Hall–Kier alpha value is -3.39. The van der Waals surface area contributed by atoms with Gasteiger partial charge in [-0.3, -0.25) is 4.98 Å². The second-order valence-corrected chi connectivity index (χ2v) is 9.08. The van der Waals surface area contributed by atoms with Crippen molar-refractivity contribution in [1.82, 2.24) is 4.98 Å².